The minimum Gasteiger partial charge on any atom is -0.492 e. The lowest BCUT2D eigenvalue weighted by Gasteiger charge is -2.09. The van der Waals surface area contributed by atoms with E-state index in [1.807, 2.05) is 19.1 Å². The van der Waals surface area contributed by atoms with Gasteiger partial charge in [0.05, 0.1) is 12.2 Å². The van der Waals surface area contributed by atoms with Crippen molar-refractivity contribution in [2.75, 3.05) is 12.4 Å². The topological polar surface area (TPSA) is 77.0 Å². The van der Waals surface area contributed by atoms with E-state index in [1.165, 1.54) is 18.7 Å². The Morgan fingerprint density at radius 2 is 2.19 bits per heavy atom. The maximum Gasteiger partial charge on any atom is 0.343 e. The number of carbonyl (C=O) groups excluding carboxylic acids is 1. The number of para-hydroxylation sites is 1. The van der Waals surface area contributed by atoms with Crippen molar-refractivity contribution in [3.63, 3.8) is 0 Å². The van der Waals surface area contributed by atoms with Crippen molar-refractivity contribution >= 4 is 17.5 Å². The number of aromatic nitrogens is 3. The number of thioether (sulfide) groups is 1. The molecule has 0 aliphatic carbocycles. The number of rotatable bonds is 7. The highest BCUT2D eigenvalue weighted by atomic mass is 32.2. The molecule has 0 fully saturated rings. The molecule has 0 atom stereocenters. The van der Waals surface area contributed by atoms with Crippen molar-refractivity contribution in [1.29, 1.82) is 0 Å². The largest absolute Gasteiger partial charge is 0.492 e. The summed E-state index contributed by atoms with van der Waals surface area (Å²) in [5.41, 5.74) is 0.371. The molecule has 0 aliphatic heterocycles. The number of Topliss-reactive ketones (excluding diaryl/α,β-unsaturated/α-hetero) is 1. The van der Waals surface area contributed by atoms with Crippen LogP contribution in [0.3, 0.4) is 0 Å². The fraction of sp³-hybridized carbons (Fsp3) is 0.357. The Morgan fingerprint density at radius 1 is 1.43 bits per heavy atom. The molecule has 112 valence electrons. The first kappa shape index (κ1) is 15.4. The summed E-state index contributed by atoms with van der Waals surface area (Å²) in [6.45, 7) is 4.41. The molecule has 1 heterocycles. The van der Waals surface area contributed by atoms with Gasteiger partial charge in [0.1, 0.15) is 5.75 Å². The van der Waals surface area contributed by atoms with Gasteiger partial charge in [0.2, 0.25) is 0 Å². The average Bonchev–Trinajstić information content (AvgIpc) is 2.84. The first-order valence-corrected chi connectivity index (χ1v) is 7.62. The van der Waals surface area contributed by atoms with Gasteiger partial charge in [-0.15, -0.1) is 5.10 Å². The fourth-order valence-electron chi connectivity index (χ4n) is 1.86. The van der Waals surface area contributed by atoms with Gasteiger partial charge in [-0.1, -0.05) is 23.9 Å². The van der Waals surface area contributed by atoms with Crippen molar-refractivity contribution in [3.8, 4) is 5.75 Å². The second-order valence-electron chi connectivity index (χ2n) is 4.30. The number of nitrogens with one attached hydrogen (secondary N) is 1. The third kappa shape index (κ3) is 3.75. The van der Waals surface area contributed by atoms with E-state index < -0.39 is 0 Å². The number of carbonyl (C=O) groups is 1. The number of hydrogen-bond acceptors (Lipinski definition) is 5. The van der Waals surface area contributed by atoms with Gasteiger partial charge in [0, 0.05) is 12.3 Å². The van der Waals surface area contributed by atoms with Gasteiger partial charge in [-0.05, 0) is 26.0 Å². The Kier molecular flexibility index (Phi) is 5.21. The van der Waals surface area contributed by atoms with Crippen molar-refractivity contribution in [2.45, 2.75) is 25.5 Å². The minimum atomic E-state index is -0.206. The van der Waals surface area contributed by atoms with E-state index in [4.69, 9.17) is 4.74 Å². The molecule has 21 heavy (non-hydrogen) atoms. The van der Waals surface area contributed by atoms with Crippen LogP contribution in [0.2, 0.25) is 0 Å². The Morgan fingerprint density at radius 3 is 2.90 bits per heavy atom. The Balaban J connectivity index is 1.91. The number of ether oxygens (including phenoxy) is 1. The lowest BCUT2D eigenvalue weighted by molar-refractivity contribution is 0.101. The van der Waals surface area contributed by atoms with Gasteiger partial charge in [-0.3, -0.25) is 9.36 Å². The Bertz CT molecular complexity index is 678. The molecule has 0 radical (unpaired) electrons. The lowest BCUT2D eigenvalue weighted by Crippen LogP contribution is -2.16. The lowest BCUT2D eigenvalue weighted by atomic mass is 10.1. The third-order valence-corrected chi connectivity index (χ3v) is 3.82. The van der Waals surface area contributed by atoms with Crippen molar-refractivity contribution in [2.24, 2.45) is 0 Å². The number of benzene rings is 1. The molecule has 7 heteroatoms. The van der Waals surface area contributed by atoms with E-state index in [2.05, 4.69) is 10.2 Å². The Hall–Kier alpha value is -2.02. The third-order valence-electron chi connectivity index (χ3n) is 2.88. The zero-order valence-corrected chi connectivity index (χ0v) is 12.8. The first-order chi connectivity index (χ1) is 10.1. The van der Waals surface area contributed by atoms with E-state index in [0.29, 0.717) is 35.4 Å². The predicted molar refractivity (Wildman–Crippen MR) is 81.2 cm³/mol. The van der Waals surface area contributed by atoms with E-state index >= 15 is 0 Å². The molecular formula is C14H17N3O3S. The van der Waals surface area contributed by atoms with Gasteiger partial charge < -0.3 is 4.74 Å². The van der Waals surface area contributed by atoms with Gasteiger partial charge in [-0.2, -0.15) is 0 Å². The van der Waals surface area contributed by atoms with Gasteiger partial charge in [-0.25, -0.2) is 9.89 Å². The molecule has 6 nitrogen and oxygen atoms in total. The highest BCUT2D eigenvalue weighted by molar-refractivity contribution is 7.99. The molecule has 0 saturated carbocycles. The van der Waals surface area contributed by atoms with Crippen LogP contribution in [-0.4, -0.2) is 32.9 Å². The molecule has 0 spiro atoms. The average molecular weight is 307 g/mol. The predicted octanol–water partition coefficient (Wildman–Crippen LogP) is 1.96. The van der Waals surface area contributed by atoms with E-state index in [-0.39, 0.29) is 11.5 Å². The normalized spacial score (nSPS) is 10.6. The van der Waals surface area contributed by atoms with Crippen LogP contribution in [0.5, 0.6) is 5.75 Å². The summed E-state index contributed by atoms with van der Waals surface area (Å²) in [6, 6.07) is 7.16. The summed E-state index contributed by atoms with van der Waals surface area (Å²) in [5.74, 6) is 1.20. The molecule has 0 aliphatic rings. The van der Waals surface area contributed by atoms with Crippen LogP contribution in [0.4, 0.5) is 0 Å². The van der Waals surface area contributed by atoms with Crippen LogP contribution in [0.15, 0.2) is 34.2 Å². The van der Waals surface area contributed by atoms with Crippen molar-refractivity contribution < 1.29 is 9.53 Å². The summed E-state index contributed by atoms with van der Waals surface area (Å²) < 4.78 is 7.20. The molecule has 1 N–H and O–H groups in total. The molecule has 2 rings (SSSR count). The summed E-state index contributed by atoms with van der Waals surface area (Å²) >= 11 is 1.44. The van der Waals surface area contributed by atoms with Crippen LogP contribution in [0.25, 0.3) is 0 Å². The molecule has 0 unspecified atom stereocenters. The number of hydrogen-bond donors (Lipinski definition) is 1. The van der Waals surface area contributed by atoms with Crippen LogP contribution in [-0.2, 0) is 6.54 Å². The van der Waals surface area contributed by atoms with Crippen LogP contribution in [0.1, 0.15) is 24.2 Å². The number of ketones is 1. The molecule has 0 amide bonds. The van der Waals surface area contributed by atoms with E-state index in [0.717, 1.165) is 0 Å². The molecule has 2 aromatic rings. The molecule has 1 aromatic heterocycles. The quantitative estimate of drug-likeness (QED) is 0.481. The smallest absolute Gasteiger partial charge is 0.343 e. The molecule has 0 saturated heterocycles. The maximum absolute atomic E-state index is 11.5. The summed E-state index contributed by atoms with van der Waals surface area (Å²) in [7, 11) is 0. The number of nitrogens with zero attached hydrogens (tertiary/aromatic N) is 2. The summed E-state index contributed by atoms with van der Waals surface area (Å²) in [5, 5.41) is 7.02. The highest BCUT2D eigenvalue weighted by Crippen LogP contribution is 2.19. The SMILES string of the molecule is CCn1c(SCCOc2ccccc2C(C)=O)n[nH]c1=O. The second kappa shape index (κ2) is 7.12. The van der Waals surface area contributed by atoms with Crippen molar-refractivity contribution in [3.05, 3.63) is 40.3 Å². The zero-order chi connectivity index (χ0) is 15.2. The van der Waals surface area contributed by atoms with Crippen LogP contribution < -0.4 is 10.4 Å². The fourth-order valence-corrected chi connectivity index (χ4v) is 2.69. The van der Waals surface area contributed by atoms with Gasteiger partial charge in [0.15, 0.2) is 10.9 Å². The maximum atomic E-state index is 11.5. The van der Waals surface area contributed by atoms with E-state index in [1.54, 1.807) is 16.7 Å². The van der Waals surface area contributed by atoms with Crippen molar-refractivity contribution in [1.82, 2.24) is 14.8 Å². The second-order valence-corrected chi connectivity index (χ2v) is 5.37. The van der Waals surface area contributed by atoms with Crippen LogP contribution >= 0.6 is 11.8 Å². The first-order valence-electron chi connectivity index (χ1n) is 6.64. The molecular weight excluding hydrogens is 290 g/mol. The zero-order valence-electron chi connectivity index (χ0n) is 12.0. The Labute approximate surface area is 126 Å². The summed E-state index contributed by atoms with van der Waals surface area (Å²) in [4.78, 5) is 22.9. The standard InChI is InChI=1S/C14H17N3O3S/c1-3-17-13(19)15-16-14(17)21-9-8-20-12-7-5-4-6-11(12)10(2)18/h4-7H,3,8-9H2,1-2H3,(H,15,19). The summed E-state index contributed by atoms with van der Waals surface area (Å²) in [6.07, 6.45) is 0. The van der Waals surface area contributed by atoms with E-state index in [9.17, 15) is 9.59 Å². The monoisotopic (exact) mass is 307 g/mol. The van der Waals surface area contributed by atoms with Gasteiger partial charge in [0.25, 0.3) is 0 Å². The number of H-pyrrole nitrogens is 1. The number of aromatic amines is 1. The molecule has 1 aromatic carbocycles. The minimum absolute atomic E-state index is 0.0228. The van der Waals surface area contributed by atoms with Crippen LogP contribution in [0, 0.1) is 0 Å². The molecule has 0 bridgehead atoms. The highest BCUT2D eigenvalue weighted by Gasteiger charge is 2.09. The van der Waals surface area contributed by atoms with Gasteiger partial charge >= 0.3 is 5.69 Å².